The molecule has 0 bridgehead atoms. The SMILES string of the molecule is CC(C)n1cnc2c(-n3ccnc3)ncnc21. The van der Waals surface area contributed by atoms with Crippen molar-refractivity contribution in [1.82, 2.24) is 29.1 Å². The maximum atomic E-state index is 4.39. The summed E-state index contributed by atoms with van der Waals surface area (Å²) in [5.74, 6) is 0.756. The summed E-state index contributed by atoms with van der Waals surface area (Å²) in [5, 5.41) is 0. The van der Waals surface area contributed by atoms with Gasteiger partial charge in [-0.25, -0.2) is 19.9 Å². The predicted molar refractivity (Wildman–Crippen MR) is 62.8 cm³/mol. The van der Waals surface area contributed by atoms with Crippen LogP contribution in [0.5, 0.6) is 0 Å². The van der Waals surface area contributed by atoms with Gasteiger partial charge in [0.05, 0.1) is 6.33 Å². The van der Waals surface area contributed by atoms with Crippen LogP contribution in [0.3, 0.4) is 0 Å². The van der Waals surface area contributed by atoms with Crippen LogP contribution in [0.25, 0.3) is 17.0 Å². The van der Waals surface area contributed by atoms with Crippen molar-refractivity contribution in [3.05, 3.63) is 31.4 Å². The molecule has 3 aromatic heterocycles. The molecule has 0 saturated heterocycles. The summed E-state index contributed by atoms with van der Waals surface area (Å²) in [7, 11) is 0. The van der Waals surface area contributed by atoms with Gasteiger partial charge in [-0.1, -0.05) is 0 Å². The summed E-state index contributed by atoms with van der Waals surface area (Å²) in [5.41, 5.74) is 1.64. The molecule has 3 rings (SSSR count). The Hall–Kier alpha value is -2.24. The third-order valence-corrected chi connectivity index (χ3v) is 2.64. The van der Waals surface area contributed by atoms with E-state index in [2.05, 4.69) is 33.8 Å². The smallest absolute Gasteiger partial charge is 0.169 e. The monoisotopic (exact) mass is 228 g/mol. The van der Waals surface area contributed by atoms with Gasteiger partial charge in [0.25, 0.3) is 0 Å². The molecular formula is C11H12N6. The van der Waals surface area contributed by atoms with E-state index in [0.717, 1.165) is 17.0 Å². The number of rotatable bonds is 2. The molecular weight excluding hydrogens is 216 g/mol. The van der Waals surface area contributed by atoms with Crippen molar-refractivity contribution in [3.63, 3.8) is 0 Å². The molecule has 0 radical (unpaired) electrons. The van der Waals surface area contributed by atoms with Crippen LogP contribution in [0.2, 0.25) is 0 Å². The van der Waals surface area contributed by atoms with Gasteiger partial charge in [-0.2, -0.15) is 0 Å². The Kier molecular flexibility index (Phi) is 2.14. The summed E-state index contributed by atoms with van der Waals surface area (Å²) >= 11 is 0. The molecule has 86 valence electrons. The summed E-state index contributed by atoms with van der Waals surface area (Å²) in [4.78, 5) is 16.9. The second-order valence-corrected chi connectivity index (χ2v) is 4.09. The van der Waals surface area contributed by atoms with Crippen LogP contribution in [0.4, 0.5) is 0 Å². The van der Waals surface area contributed by atoms with Crippen LogP contribution in [0.15, 0.2) is 31.4 Å². The first-order valence-electron chi connectivity index (χ1n) is 5.43. The van der Waals surface area contributed by atoms with E-state index in [1.807, 2.05) is 15.3 Å². The normalized spacial score (nSPS) is 11.5. The number of aromatic nitrogens is 6. The van der Waals surface area contributed by atoms with Gasteiger partial charge in [0.1, 0.15) is 12.7 Å². The molecule has 0 N–H and O–H groups in total. The summed E-state index contributed by atoms with van der Waals surface area (Å²) in [6.07, 6.45) is 8.61. The van der Waals surface area contributed by atoms with Gasteiger partial charge in [-0.3, -0.25) is 4.57 Å². The molecule has 0 spiro atoms. The van der Waals surface area contributed by atoms with Crippen molar-refractivity contribution in [3.8, 4) is 5.82 Å². The molecule has 17 heavy (non-hydrogen) atoms. The van der Waals surface area contributed by atoms with E-state index in [0.29, 0.717) is 6.04 Å². The van der Waals surface area contributed by atoms with Crippen LogP contribution in [0, 0.1) is 0 Å². The summed E-state index contributed by atoms with van der Waals surface area (Å²) in [6.45, 7) is 4.19. The minimum absolute atomic E-state index is 0.325. The zero-order chi connectivity index (χ0) is 11.8. The molecule has 6 nitrogen and oxygen atoms in total. The standard InChI is InChI=1S/C11H12N6/c1-8(2)17-7-15-9-10(13-5-14-11(9)17)16-4-3-12-6-16/h3-8H,1-2H3. The van der Waals surface area contributed by atoms with Crippen molar-refractivity contribution in [2.45, 2.75) is 19.9 Å². The second kappa shape index (κ2) is 3.65. The summed E-state index contributed by atoms with van der Waals surface area (Å²) in [6, 6.07) is 0.325. The van der Waals surface area contributed by atoms with E-state index in [4.69, 9.17) is 0 Å². The van der Waals surface area contributed by atoms with Crippen molar-refractivity contribution >= 4 is 11.2 Å². The first kappa shape index (κ1) is 9.95. The third-order valence-electron chi connectivity index (χ3n) is 2.64. The molecule has 6 heteroatoms. The lowest BCUT2D eigenvalue weighted by molar-refractivity contribution is 0.612. The van der Waals surface area contributed by atoms with E-state index in [9.17, 15) is 0 Å². The highest BCUT2D eigenvalue weighted by Crippen LogP contribution is 2.19. The van der Waals surface area contributed by atoms with Gasteiger partial charge in [-0.05, 0) is 13.8 Å². The molecule has 0 aromatic carbocycles. The van der Waals surface area contributed by atoms with Gasteiger partial charge < -0.3 is 4.57 Å². The van der Waals surface area contributed by atoms with E-state index in [1.54, 1.807) is 25.2 Å². The zero-order valence-corrected chi connectivity index (χ0v) is 9.65. The predicted octanol–water partition coefficient (Wildman–Crippen LogP) is 1.59. The molecule has 0 aliphatic heterocycles. The molecule has 0 atom stereocenters. The quantitative estimate of drug-likeness (QED) is 0.668. The fourth-order valence-electron chi connectivity index (χ4n) is 1.79. The van der Waals surface area contributed by atoms with Crippen LogP contribution in [-0.2, 0) is 0 Å². The molecule has 0 unspecified atom stereocenters. The minimum atomic E-state index is 0.325. The first-order valence-corrected chi connectivity index (χ1v) is 5.43. The Labute approximate surface area is 98.0 Å². The van der Waals surface area contributed by atoms with Gasteiger partial charge in [0.2, 0.25) is 0 Å². The average Bonchev–Trinajstić information content (AvgIpc) is 2.97. The van der Waals surface area contributed by atoms with Gasteiger partial charge in [-0.15, -0.1) is 0 Å². The number of hydrogen-bond donors (Lipinski definition) is 0. The van der Waals surface area contributed by atoms with Crippen LogP contribution in [-0.4, -0.2) is 29.1 Å². The Morgan fingerprint density at radius 2 is 2.00 bits per heavy atom. The second-order valence-electron chi connectivity index (χ2n) is 4.09. The maximum Gasteiger partial charge on any atom is 0.169 e. The number of hydrogen-bond acceptors (Lipinski definition) is 4. The lowest BCUT2D eigenvalue weighted by Gasteiger charge is -2.07. The fourth-order valence-corrected chi connectivity index (χ4v) is 1.79. The average molecular weight is 228 g/mol. The first-order chi connectivity index (χ1) is 8.27. The van der Waals surface area contributed by atoms with Crippen molar-refractivity contribution < 1.29 is 0 Å². The molecule has 0 amide bonds. The molecule has 0 fully saturated rings. The Balaban J connectivity index is 2.28. The number of nitrogens with zero attached hydrogens (tertiary/aromatic N) is 6. The Bertz CT molecular complexity index is 637. The van der Waals surface area contributed by atoms with E-state index < -0.39 is 0 Å². The van der Waals surface area contributed by atoms with Gasteiger partial charge in [0, 0.05) is 18.4 Å². The van der Waals surface area contributed by atoms with Gasteiger partial charge in [0.15, 0.2) is 17.0 Å². The zero-order valence-electron chi connectivity index (χ0n) is 9.65. The van der Waals surface area contributed by atoms with Crippen LogP contribution in [0.1, 0.15) is 19.9 Å². The third kappa shape index (κ3) is 1.49. The number of imidazole rings is 2. The van der Waals surface area contributed by atoms with Crippen LogP contribution >= 0.6 is 0 Å². The van der Waals surface area contributed by atoms with E-state index in [-0.39, 0.29) is 0 Å². The number of fused-ring (bicyclic) bond motifs is 1. The molecule has 3 aromatic rings. The van der Waals surface area contributed by atoms with Crippen LogP contribution < -0.4 is 0 Å². The molecule has 0 aliphatic carbocycles. The molecule has 0 saturated carbocycles. The largest absolute Gasteiger partial charge is 0.313 e. The van der Waals surface area contributed by atoms with E-state index >= 15 is 0 Å². The maximum absolute atomic E-state index is 4.39. The van der Waals surface area contributed by atoms with Crippen molar-refractivity contribution in [2.24, 2.45) is 0 Å². The lowest BCUT2D eigenvalue weighted by atomic mass is 10.4. The fraction of sp³-hybridized carbons (Fsp3) is 0.273. The molecule has 0 aliphatic rings. The Morgan fingerprint density at radius 3 is 2.71 bits per heavy atom. The van der Waals surface area contributed by atoms with Crippen molar-refractivity contribution in [1.29, 1.82) is 0 Å². The minimum Gasteiger partial charge on any atom is -0.313 e. The highest BCUT2D eigenvalue weighted by molar-refractivity contribution is 5.78. The highest BCUT2D eigenvalue weighted by atomic mass is 15.2. The highest BCUT2D eigenvalue weighted by Gasteiger charge is 2.12. The van der Waals surface area contributed by atoms with Crippen molar-refractivity contribution in [2.75, 3.05) is 0 Å². The topological polar surface area (TPSA) is 61.4 Å². The lowest BCUT2D eigenvalue weighted by Crippen LogP contribution is -2.02. The Morgan fingerprint density at radius 1 is 1.12 bits per heavy atom. The van der Waals surface area contributed by atoms with Gasteiger partial charge >= 0.3 is 0 Å². The molecule has 3 heterocycles. The van der Waals surface area contributed by atoms with E-state index in [1.165, 1.54) is 0 Å². The summed E-state index contributed by atoms with van der Waals surface area (Å²) < 4.78 is 3.86.